The number of carbonyl (C=O) groups excluding carboxylic acids is 2. The monoisotopic (exact) mass is 409 g/mol. The molecule has 0 spiro atoms. The van der Waals surface area contributed by atoms with E-state index in [-0.39, 0.29) is 9.92 Å². The van der Waals surface area contributed by atoms with E-state index in [1.54, 1.807) is 18.2 Å². The summed E-state index contributed by atoms with van der Waals surface area (Å²) in [5, 5.41) is 0.260. The van der Waals surface area contributed by atoms with Crippen LogP contribution in [0.2, 0.25) is 5.02 Å². The van der Waals surface area contributed by atoms with Crippen LogP contribution in [0.1, 0.15) is 29.8 Å². The van der Waals surface area contributed by atoms with Gasteiger partial charge < -0.3 is 0 Å². The zero-order valence-electron chi connectivity index (χ0n) is 14.8. The number of benzene rings is 2. The van der Waals surface area contributed by atoms with Crippen molar-refractivity contribution in [1.29, 1.82) is 0 Å². The van der Waals surface area contributed by atoms with Crippen LogP contribution in [-0.4, -0.2) is 26.3 Å². The molecule has 1 unspecified atom stereocenters. The second-order valence-electron chi connectivity index (χ2n) is 5.79. The summed E-state index contributed by atoms with van der Waals surface area (Å²) in [4.78, 5) is 24.1. The Hall–Kier alpha value is -2.42. The molecule has 0 fully saturated rings. The average molecular weight is 410 g/mol. The van der Waals surface area contributed by atoms with Crippen molar-refractivity contribution in [3.63, 3.8) is 0 Å². The highest BCUT2D eigenvalue weighted by Crippen LogP contribution is 2.15. The molecule has 2 aromatic carbocycles. The van der Waals surface area contributed by atoms with Crippen LogP contribution in [-0.2, 0) is 21.2 Å². The fourth-order valence-electron chi connectivity index (χ4n) is 2.18. The summed E-state index contributed by atoms with van der Waals surface area (Å²) >= 11 is 5.79. The Kier molecular flexibility index (Phi) is 6.95. The van der Waals surface area contributed by atoms with Crippen molar-refractivity contribution in [2.75, 3.05) is 0 Å². The Morgan fingerprint density at radius 2 is 1.74 bits per heavy atom. The minimum absolute atomic E-state index is 0.0605. The molecule has 9 heteroatoms. The molecule has 0 radical (unpaired) electrons. The van der Waals surface area contributed by atoms with E-state index in [2.05, 4.69) is 15.6 Å². The third kappa shape index (κ3) is 5.78. The summed E-state index contributed by atoms with van der Waals surface area (Å²) in [5.41, 5.74) is 5.92. The predicted molar refractivity (Wildman–Crippen MR) is 103 cm³/mol. The number of hydrogen-bond acceptors (Lipinski definition) is 4. The van der Waals surface area contributed by atoms with E-state index in [4.69, 9.17) is 11.6 Å². The first-order valence-electron chi connectivity index (χ1n) is 8.20. The van der Waals surface area contributed by atoms with Gasteiger partial charge in [0.05, 0.1) is 10.9 Å². The molecule has 144 valence electrons. The van der Waals surface area contributed by atoms with Gasteiger partial charge in [-0.3, -0.25) is 20.4 Å². The first kappa shape index (κ1) is 20.9. The number of hydrogen-bond donors (Lipinski definition) is 3. The Balaban J connectivity index is 1.93. The van der Waals surface area contributed by atoms with E-state index in [9.17, 15) is 18.0 Å². The molecular formula is C18H20ClN3O4S. The summed E-state index contributed by atoms with van der Waals surface area (Å²) in [6.45, 7) is 3.36. The predicted octanol–water partition coefficient (Wildman–Crippen LogP) is 2.03. The molecule has 1 atom stereocenters. The number of sulfonamides is 1. The summed E-state index contributed by atoms with van der Waals surface area (Å²) in [5.74, 6) is -1.21. The number of amides is 2. The van der Waals surface area contributed by atoms with Gasteiger partial charge in [0.25, 0.3) is 11.8 Å². The first-order chi connectivity index (χ1) is 12.7. The highest BCUT2D eigenvalue weighted by Gasteiger charge is 2.22. The van der Waals surface area contributed by atoms with E-state index < -0.39 is 27.9 Å². The Morgan fingerprint density at radius 1 is 1.07 bits per heavy atom. The highest BCUT2D eigenvalue weighted by atomic mass is 35.5. The maximum absolute atomic E-state index is 12.3. The molecule has 2 amide bonds. The maximum atomic E-state index is 12.3. The van der Waals surface area contributed by atoms with Gasteiger partial charge in [-0.2, -0.15) is 4.72 Å². The fraction of sp³-hybridized carbons (Fsp3) is 0.222. The first-order valence-corrected chi connectivity index (χ1v) is 10.1. The van der Waals surface area contributed by atoms with Crippen molar-refractivity contribution in [3.8, 4) is 0 Å². The van der Waals surface area contributed by atoms with Crippen LogP contribution in [0.15, 0.2) is 53.4 Å². The minimum atomic E-state index is -3.93. The van der Waals surface area contributed by atoms with Gasteiger partial charge in [-0.15, -0.1) is 0 Å². The van der Waals surface area contributed by atoms with Gasteiger partial charge in [0.2, 0.25) is 10.0 Å². The third-order valence-corrected chi connectivity index (χ3v) is 5.53. The quantitative estimate of drug-likeness (QED) is 0.635. The number of hydrazine groups is 1. The van der Waals surface area contributed by atoms with E-state index in [1.807, 2.05) is 19.1 Å². The zero-order chi connectivity index (χ0) is 20.0. The lowest BCUT2D eigenvalue weighted by Crippen LogP contribution is -2.51. The van der Waals surface area contributed by atoms with Gasteiger partial charge in [0, 0.05) is 10.6 Å². The molecule has 0 aromatic heterocycles. The van der Waals surface area contributed by atoms with E-state index >= 15 is 0 Å². The smallest absolute Gasteiger partial charge is 0.269 e. The van der Waals surface area contributed by atoms with Crippen LogP contribution >= 0.6 is 11.6 Å². The zero-order valence-corrected chi connectivity index (χ0v) is 16.4. The Bertz CT molecular complexity index is 930. The lowest BCUT2D eigenvalue weighted by molar-refractivity contribution is -0.123. The minimum Gasteiger partial charge on any atom is -0.271 e. The molecule has 0 aliphatic heterocycles. The van der Waals surface area contributed by atoms with Gasteiger partial charge in [-0.25, -0.2) is 8.42 Å². The average Bonchev–Trinajstić information content (AvgIpc) is 2.65. The van der Waals surface area contributed by atoms with Gasteiger partial charge in [0.1, 0.15) is 0 Å². The highest BCUT2D eigenvalue weighted by molar-refractivity contribution is 7.89. The summed E-state index contributed by atoms with van der Waals surface area (Å²) in [6, 6.07) is 11.5. The van der Waals surface area contributed by atoms with Crippen molar-refractivity contribution >= 4 is 33.4 Å². The number of rotatable bonds is 6. The van der Waals surface area contributed by atoms with Gasteiger partial charge in [-0.1, -0.05) is 36.7 Å². The van der Waals surface area contributed by atoms with Gasteiger partial charge in [-0.05, 0) is 49.2 Å². The normalized spacial score (nSPS) is 12.3. The summed E-state index contributed by atoms with van der Waals surface area (Å²) in [6.07, 6.45) is 0.850. The molecule has 0 heterocycles. The van der Waals surface area contributed by atoms with Gasteiger partial charge >= 0.3 is 0 Å². The third-order valence-electron chi connectivity index (χ3n) is 3.76. The largest absolute Gasteiger partial charge is 0.271 e. The van der Waals surface area contributed by atoms with Crippen LogP contribution in [0.4, 0.5) is 0 Å². The molecule has 0 bridgehead atoms. The van der Waals surface area contributed by atoms with Crippen LogP contribution in [0.3, 0.4) is 0 Å². The molecule has 0 aliphatic rings. The van der Waals surface area contributed by atoms with Crippen molar-refractivity contribution < 1.29 is 18.0 Å². The fourth-order valence-corrected chi connectivity index (χ4v) is 3.68. The topological polar surface area (TPSA) is 104 Å². The molecule has 0 saturated heterocycles. The van der Waals surface area contributed by atoms with Crippen molar-refractivity contribution in [3.05, 3.63) is 64.7 Å². The number of aryl methyl sites for hydroxylation is 1. The van der Waals surface area contributed by atoms with Crippen LogP contribution in [0.25, 0.3) is 0 Å². The maximum Gasteiger partial charge on any atom is 0.269 e. The van der Waals surface area contributed by atoms with Gasteiger partial charge in [0.15, 0.2) is 0 Å². The Morgan fingerprint density at radius 3 is 2.33 bits per heavy atom. The standard InChI is InChI=1S/C18H20ClN3O4S/c1-3-13-7-9-14(10-8-13)18(24)21-20-17(23)12(2)22-27(25,26)16-6-4-5-15(19)11-16/h4-12,22H,3H2,1-2H3,(H,20,23)(H,21,24). The molecule has 7 nitrogen and oxygen atoms in total. The number of halogens is 1. The molecule has 27 heavy (non-hydrogen) atoms. The van der Waals surface area contributed by atoms with E-state index in [0.29, 0.717) is 5.56 Å². The van der Waals surface area contributed by atoms with Crippen molar-refractivity contribution in [2.24, 2.45) is 0 Å². The second kappa shape index (κ2) is 8.98. The van der Waals surface area contributed by atoms with Crippen molar-refractivity contribution in [1.82, 2.24) is 15.6 Å². The summed E-state index contributed by atoms with van der Waals surface area (Å²) < 4.78 is 26.8. The number of nitrogens with one attached hydrogen (secondary N) is 3. The van der Waals surface area contributed by atoms with Crippen molar-refractivity contribution in [2.45, 2.75) is 31.2 Å². The molecule has 2 aromatic rings. The molecular weight excluding hydrogens is 390 g/mol. The molecule has 2 rings (SSSR count). The lowest BCUT2D eigenvalue weighted by Gasteiger charge is -2.15. The molecule has 3 N–H and O–H groups in total. The number of carbonyl (C=O) groups is 2. The van der Waals surface area contributed by atoms with Crippen LogP contribution in [0, 0.1) is 0 Å². The Labute approximate surface area is 163 Å². The molecule has 0 aliphatic carbocycles. The second-order valence-corrected chi connectivity index (χ2v) is 7.94. The van der Waals surface area contributed by atoms with E-state index in [0.717, 1.165) is 12.0 Å². The summed E-state index contributed by atoms with van der Waals surface area (Å²) in [7, 11) is -3.93. The van der Waals surface area contributed by atoms with Crippen LogP contribution in [0.5, 0.6) is 0 Å². The van der Waals surface area contributed by atoms with E-state index in [1.165, 1.54) is 25.1 Å². The molecule has 0 saturated carbocycles. The SMILES string of the molecule is CCc1ccc(C(=O)NNC(=O)C(C)NS(=O)(=O)c2cccc(Cl)c2)cc1. The van der Waals surface area contributed by atoms with Crippen LogP contribution < -0.4 is 15.6 Å². The lowest BCUT2D eigenvalue weighted by atomic mass is 10.1.